The molecule has 0 aromatic carbocycles. The van der Waals surface area contributed by atoms with E-state index in [1.807, 2.05) is 18.3 Å². The first kappa shape index (κ1) is 18.4. The zero-order valence-corrected chi connectivity index (χ0v) is 16.7. The van der Waals surface area contributed by atoms with Crippen molar-refractivity contribution in [2.24, 2.45) is 11.8 Å². The van der Waals surface area contributed by atoms with E-state index in [1.54, 1.807) is 0 Å². The lowest BCUT2D eigenvalue weighted by Crippen LogP contribution is -2.38. The highest BCUT2D eigenvalue weighted by molar-refractivity contribution is 5.97. The Hall–Kier alpha value is -2.63. The largest absolute Gasteiger partial charge is 0.353 e. The van der Waals surface area contributed by atoms with E-state index in [1.165, 1.54) is 18.4 Å². The summed E-state index contributed by atoms with van der Waals surface area (Å²) in [5, 5.41) is 7.32. The van der Waals surface area contributed by atoms with Crippen molar-refractivity contribution in [1.29, 1.82) is 0 Å². The summed E-state index contributed by atoms with van der Waals surface area (Å²) in [5.41, 5.74) is 3.19. The standard InChI is InChI=1S/C23H28N4O2/c28-22(15-3-1-2-4-15)25-17-9-7-14(8-10-17)19-13-20(27-23(29)16-5-6-16)26-21-18(19)11-12-24-21/h7,11-13,15-17H,1-6,8-10H2,(H,25,28)(H2,24,26,27,29). The van der Waals surface area contributed by atoms with Crippen LogP contribution in [0.3, 0.4) is 0 Å². The monoisotopic (exact) mass is 392 g/mol. The molecule has 1 unspecified atom stereocenters. The van der Waals surface area contributed by atoms with E-state index >= 15 is 0 Å². The molecule has 29 heavy (non-hydrogen) atoms. The van der Waals surface area contributed by atoms with Crippen LogP contribution in [0.2, 0.25) is 0 Å². The lowest BCUT2D eigenvalue weighted by atomic mass is 9.89. The number of fused-ring (bicyclic) bond motifs is 1. The molecular weight excluding hydrogens is 364 g/mol. The first-order valence-corrected chi connectivity index (χ1v) is 11.0. The molecule has 6 nitrogen and oxygen atoms in total. The Balaban J connectivity index is 1.32. The molecule has 3 N–H and O–H groups in total. The van der Waals surface area contributed by atoms with Crippen molar-refractivity contribution in [3.8, 4) is 0 Å². The normalized spacial score (nSPS) is 22.5. The zero-order valence-electron chi connectivity index (χ0n) is 16.7. The molecule has 0 bridgehead atoms. The zero-order chi connectivity index (χ0) is 19.8. The van der Waals surface area contributed by atoms with Gasteiger partial charge in [0.2, 0.25) is 11.8 Å². The summed E-state index contributed by atoms with van der Waals surface area (Å²) in [6.45, 7) is 0. The van der Waals surface area contributed by atoms with Crippen molar-refractivity contribution in [3.05, 3.63) is 30.0 Å². The van der Waals surface area contributed by atoms with Crippen LogP contribution in [0.4, 0.5) is 5.82 Å². The van der Waals surface area contributed by atoms with Crippen molar-refractivity contribution in [2.75, 3.05) is 5.32 Å². The minimum absolute atomic E-state index is 0.0710. The quantitative estimate of drug-likeness (QED) is 0.714. The number of carbonyl (C=O) groups excluding carboxylic acids is 2. The molecule has 2 amide bonds. The van der Waals surface area contributed by atoms with Gasteiger partial charge in [-0.2, -0.15) is 0 Å². The number of nitrogens with one attached hydrogen (secondary N) is 3. The fourth-order valence-electron chi connectivity index (χ4n) is 4.66. The number of rotatable bonds is 5. The number of hydrogen-bond acceptors (Lipinski definition) is 3. The Morgan fingerprint density at radius 1 is 1.03 bits per heavy atom. The van der Waals surface area contributed by atoms with Gasteiger partial charge in [-0.15, -0.1) is 0 Å². The number of H-pyrrole nitrogens is 1. The second-order valence-corrected chi connectivity index (χ2v) is 8.75. The second-order valence-electron chi connectivity index (χ2n) is 8.75. The average molecular weight is 393 g/mol. The summed E-state index contributed by atoms with van der Waals surface area (Å²) in [7, 11) is 0. The Bertz CT molecular complexity index is 966. The smallest absolute Gasteiger partial charge is 0.228 e. The summed E-state index contributed by atoms with van der Waals surface area (Å²) in [6, 6.07) is 4.27. The summed E-state index contributed by atoms with van der Waals surface area (Å²) in [5.74, 6) is 1.30. The molecule has 2 fully saturated rings. The molecule has 3 aliphatic carbocycles. The number of pyridine rings is 1. The molecule has 0 aliphatic heterocycles. The van der Waals surface area contributed by atoms with Crippen LogP contribution in [0, 0.1) is 11.8 Å². The van der Waals surface area contributed by atoms with Crippen molar-refractivity contribution in [2.45, 2.75) is 63.8 Å². The molecule has 6 heteroatoms. The van der Waals surface area contributed by atoms with E-state index in [0.717, 1.165) is 61.5 Å². The van der Waals surface area contributed by atoms with E-state index in [-0.39, 0.29) is 29.7 Å². The number of carbonyl (C=O) groups is 2. The van der Waals surface area contributed by atoms with Gasteiger partial charge in [0, 0.05) is 29.5 Å². The van der Waals surface area contributed by atoms with Crippen LogP contribution in [0.1, 0.15) is 63.4 Å². The van der Waals surface area contributed by atoms with Crippen LogP contribution in [0.15, 0.2) is 24.4 Å². The fraction of sp³-hybridized carbons (Fsp3) is 0.522. The molecule has 0 spiro atoms. The molecule has 5 rings (SSSR count). The molecular formula is C23H28N4O2. The van der Waals surface area contributed by atoms with Gasteiger partial charge in [-0.05, 0) is 68.2 Å². The summed E-state index contributed by atoms with van der Waals surface area (Å²) in [4.78, 5) is 32.3. The summed E-state index contributed by atoms with van der Waals surface area (Å²) < 4.78 is 0. The minimum Gasteiger partial charge on any atom is -0.353 e. The first-order chi connectivity index (χ1) is 14.2. The Kier molecular flexibility index (Phi) is 4.86. The fourth-order valence-corrected chi connectivity index (χ4v) is 4.66. The topological polar surface area (TPSA) is 86.9 Å². The highest BCUT2D eigenvalue weighted by Crippen LogP contribution is 2.34. The lowest BCUT2D eigenvalue weighted by Gasteiger charge is -2.25. The Labute approximate surface area is 170 Å². The predicted octanol–water partition coefficient (Wildman–Crippen LogP) is 4.15. The maximum atomic E-state index is 12.4. The van der Waals surface area contributed by atoms with Gasteiger partial charge in [-0.3, -0.25) is 9.59 Å². The summed E-state index contributed by atoms with van der Waals surface area (Å²) >= 11 is 0. The molecule has 1 atom stereocenters. The van der Waals surface area contributed by atoms with Gasteiger partial charge in [0.15, 0.2) is 0 Å². The third kappa shape index (κ3) is 3.93. The Morgan fingerprint density at radius 2 is 1.83 bits per heavy atom. The van der Waals surface area contributed by atoms with Crippen molar-refractivity contribution in [1.82, 2.24) is 15.3 Å². The third-order valence-corrected chi connectivity index (χ3v) is 6.56. The van der Waals surface area contributed by atoms with Crippen molar-refractivity contribution in [3.63, 3.8) is 0 Å². The summed E-state index contributed by atoms with van der Waals surface area (Å²) in [6.07, 6.45) is 13.2. The maximum Gasteiger partial charge on any atom is 0.228 e. The number of hydrogen-bond donors (Lipinski definition) is 3. The molecule has 2 aromatic rings. The van der Waals surface area contributed by atoms with Gasteiger partial charge in [0.05, 0.1) is 0 Å². The highest BCUT2D eigenvalue weighted by atomic mass is 16.2. The lowest BCUT2D eigenvalue weighted by molar-refractivity contribution is -0.125. The molecule has 3 aliphatic rings. The minimum atomic E-state index is 0.0710. The van der Waals surface area contributed by atoms with Gasteiger partial charge in [-0.1, -0.05) is 18.9 Å². The van der Waals surface area contributed by atoms with E-state index < -0.39 is 0 Å². The first-order valence-electron chi connectivity index (χ1n) is 11.0. The molecule has 2 aromatic heterocycles. The van der Waals surface area contributed by atoms with E-state index in [0.29, 0.717) is 5.82 Å². The molecule has 0 saturated heterocycles. The number of aromatic amines is 1. The van der Waals surface area contributed by atoms with Crippen LogP contribution in [0.5, 0.6) is 0 Å². The van der Waals surface area contributed by atoms with Crippen LogP contribution >= 0.6 is 0 Å². The number of anilines is 1. The van der Waals surface area contributed by atoms with Crippen LogP contribution < -0.4 is 10.6 Å². The van der Waals surface area contributed by atoms with Gasteiger partial charge in [0.1, 0.15) is 11.5 Å². The molecule has 2 saturated carbocycles. The van der Waals surface area contributed by atoms with Crippen LogP contribution in [0.25, 0.3) is 16.6 Å². The van der Waals surface area contributed by atoms with Gasteiger partial charge >= 0.3 is 0 Å². The number of nitrogens with zero attached hydrogens (tertiary/aromatic N) is 1. The molecule has 152 valence electrons. The van der Waals surface area contributed by atoms with Gasteiger partial charge in [-0.25, -0.2) is 4.98 Å². The highest BCUT2D eigenvalue weighted by Gasteiger charge is 2.30. The average Bonchev–Trinajstić information content (AvgIpc) is 3.23. The Morgan fingerprint density at radius 3 is 2.55 bits per heavy atom. The predicted molar refractivity (Wildman–Crippen MR) is 113 cm³/mol. The molecule has 2 heterocycles. The molecule has 0 radical (unpaired) electrons. The van der Waals surface area contributed by atoms with Gasteiger partial charge < -0.3 is 15.6 Å². The van der Waals surface area contributed by atoms with Crippen molar-refractivity contribution < 1.29 is 9.59 Å². The number of aromatic nitrogens is 2. The van der Waals surface area contributed by atoms with Crippen LogP contribution in [-0.2, 0) is 9.59 Å². The van der Waals surface area contributed by atoms with Crippen molar-refractivity contribution >= 4 is 34.2 Å². The van der Waals surface area contributed by atoms with E-state index in [2.05, 4.69) is 26.7 Å². The number of allylic oxidation sites excluding steroid dienone is 1. The number of amides is 2. The van der Waals surface area contributed by atoms with Crippen LogP contribution in [-0.4, -0.2) is 27.8 Å². The SMILES string of the molecule is O=C(Nc1cc(C2=CCC(NC(=O)C3CCCC3)CC2)c2cc[nH]c2n1)C1CC1. The third-order valence-electron chi connectivity index (χ3n) is 6.56. The van der Waals surface area contributed by atoms with Gasteiger partial charge in [0.25, 0.3) is 0 Å². The maximum absolute atomic E-state index is 12.4. The second kappa shape index (κ2) is 7.65. The van der Waals surface area contributed by atoms with E-state index in [9.17, 15) is 9.59 Å². The van der Waals surface area contributed by atoms with E-state index in [4.69, 9.17) is 0 Å².